The molecule has 5 heteroatoms. The highest BCUT2D eigenvalue weighted by molar-refractivity contribution is 6.64. The molecule has 0 saturated heterocycles. The van der Waals surface area contributed by atoms with E-state index in [4.69, 9.17) is 9.47 Å². The van der Waals surface area contributed by atoms with E-state index in [0.29, 0.717) is 17.6 Å². The number of ether oxygens (including phenoxy) is 2. The molecule has 4 bridgehead atoms. The minimum absolute atomic E-state index is 0.0596. The van der Waals surface area contributed by atoms with E-state index < -0.39 is 6.92 Å². The predicted octanol–water partition coefficient (Wildman–Crippen LogP) is 2.64. The Labute approximate surface area is 150 Å². The normalized spacial score (nSPS) is 35.5. The zero-order valence-corrected chi connectivity index (χ0v) is 15.1. The van der Waals surface area contributed by atoms with Gasteiger partial charge in [-0.05, 0) is 80.3 Å². The van der Waals surface area contributed by atoms with Gasteiger partial charge in [0, 0.05) is 0 Å². The Morgan fingerprint density at radius 1 is 1.12 bits per heavy atom. The van der Waals surface area contributed by atoms with Crippen LogP contribution in [0.15, 0.2) is 24.3 Å². The molecule has 4 fully saturated rings. The van der Waals surface area contributed by atoms with Crippen LogP contribution in [0.5, 0.6) is 5.75 Å². The molecule has 0 radical (unpaired) electrons. The van der Waals surface area contributed by atoms with Crippen molar-refractivity contribution in [2.24, 2.45) is 23.7 Å². The highest BCUT2D eigenvalue weighted by Crippen LogP contribution is 2.59. The first kappa shape index (κ1) is 17.0. The fraction of sp³-hybridized carbons (Fsp3) is 0.650. The van der Waals surface area contributed by atoms with E-state index >= 15 is 0 Å². The number of benzene rings is 1. The summed E-state index contributed by atoms with van der Waals surface area (Å²) >= 11 is 0. The Hall–Kier alpha value is -1.49. The second-order valence-electron chi connectivity index (χ2n) is 8.50. The van der Waals surface area contributed by atoms with Gasteiger partial charge in [0.25, 0.3) is 0 Å². The first-order chi connectivity index (χ1) is 11.9. The molecule has 0 atom stereocenters. The van der Waals surface area contributed by atoms with Crippen LogP contribution in [-0.4, -0.2) is 30.1 Å². The topological polar surface area (TPSA) is 55.8 Å². The Balaban J connectivity index is 1.34. The van der Waals surface area contributed by atoms with E-state index in [0.717, 1.165) is 17.3 Å². The lowest BCUT2D eigenvalue weighted by atomic mass is 9.50. The SMILES string of the molecule is CB(O)c1ccc(OCC(=O)OC2(C)C3CC4CC(C3)CC2C4)cc1. The molecule has 134 valence electrons. The summed E-state index contributed by atoms with van der Waals surface area (Å²) in [6, 6.07) is 7.18. The second kappa shape index (κ2) is 6.35. The minimum Gasteiger partial charge on any atom is -0.482 e. The second-order valence-corrected chi connectivity index (χ2v) is 8.50. The average molecular weight is 342 g/mol. The molecule has 4 nitrogen and oxygen atoms in total. The molecule has 0 heterocycles. The number of hydrogen-bond acceptors (Lipinski definition) is 4. The van der Waals surface area contributed by atoms with Crippen LogP contribution in [0.3, 0.4) is 0 Å². The van der Waals surface area contributed by atoms with Crippen LogP contribution in [0.25, 0.3) is 0 Å². The van der Waals surface area contributed by atoms with E-state index in [1.54, 1.807) is 19.0 Å². The quantitative estimate of drug-likeness (QED) is 0.660. The van der Waals surface area contributed by atoms with Crippen molar-refractivity contribution in [3.8, 4) is 5.75 Å². The average Bonchev–Trinajstić information content (AvgIpc) is 2.58. The Morgan fingerprint density at radius 3 is 2.20 bits per heavy atom. The van der Waals surface area contributed by atoms with Crippen LogP contribution in [0.2, 0.25) is 6.82 Å². The Morgan fingerprint density at radius 2 is 1.68 bits per heavy atom. The lowest BCUT2D eigenvalue weighted by Gasteiger charge is -2.59. The number of carbonyl (C=O) groups is 1. The van der Waals surface area contributed by atoms with Gasteiger partial charge in [0.15, 0.2) is 6.61 Å². The molecule has 5 rings (SSSR count). The van der Waals surface area contributed by atoms with Crippen LogP contribution in [0.1, 0.15) is 39.0 Å². The first-order valence-corrected chi connectivity index (χ1v) is 9.56. The molecule has 0 aliphatic heterocycles. The van der Waals surface area contributed by atoms with Crippen molar-refractivity contribution < 1.29 is 19.3 Å². The van der Waals surface area contributed by atoms with Gasteiger partial charge in [-0.3, -0.25) is 0 Å². The smallest absolute Gasteiger partial charge is 0.344 e. The molecule has 4 aliphatic carbocycles. The molecule has 0 amide bonds. The third-order valence-corrected chi connectivity index (χ3v) is 6.81. The molecule has 1 aromatic rings. The molecular weight excluding hydrogens is 315 g/mol. The summed E-state index contributed by atoms with van der Waals surface area (Å²) in [6.45, 7) is 3.31. The van der Waals surface area contributed by atoms with Crippen molar-refractivity contribution in [2.75, 3.05) is 6.61 Å². The molecule has 4 saturated carbocycles. The van der Waals surface area contributed by atoms with Gasteiger partial charge in [-0.1, -0.05) is 19.0 Å². The van der Waals surface area contributed by atoms with Crippen molar-refractivity contribution in [1.29, 1.82) is 0 Å². The number of hydrogen-bond donors (Lipinski definition) is 1. The fourth-order valence-electron chi connectivity index (χ4n) is 5.55. The number of esters is 1. The third-order valence-electron chi connectivity index (χ3n) is 6.81. The monoisotopic (exact) mass is 342 g/mol. The largest absolute Gasteiger partial charge is 0.482 e. The van der Waals surface area contributed by atoms with Crippen LogP contribution in [-0.2, 0) is 9.53 Å². The zero-order chi connectivity index (χ0) is 17.6. The third kappa shape index (κ3) is 3.19. The lowest BCUT2D eigenvalue weighted by Crippen LogP contribution is -2.58. The first-order valence-electron chi connectivity index (χ1n) is 9.56. The molecule has 0 spiro atoms. The predicted molar refractivity (Wildman–Crippen MR) is 96.9 cm³/mol. The highest BCUT2D eigenvalue weighted by Gasteiger charge is 2.57. The van der Waals surface area contributed by atoms with Crippen molar-refractivity contribution in [2.45, 2.75) is 51.5 Å². The van der Waals surface area contributed by atoms with Gasteiger partial charge in [0.05, 0.1) is 0 Å². The van der Waals surface area contributed by atoms with E-state index in [1.165, 1.54) is 32.1 Å². The zero-order valence-electron chi connectivity index (χ0n) is 15.1. The standard InChI is InChI=1S/C20H27BO4/c1-20(15-8-13-7-14(10-15)11-16(20)9-13)25-19(22)12-24-18-5-3-17(4-6-18)21(2)23/h3-6,13-16,23H,7-12H2,1-2H3. The maximum absolute atomic E-state index is 12.4. The molecule has 1 aromatic carbocycles. The highest BCUT2D eigenvalue weighted by atomic mass is 16.6. The van der Waals surface area contributed by atoms with Crippen molar-refractivity contribution in [3.05, 3.63) is 24.3 Å². The van der Waals surface area contributed by atoms with E-state index in [2.05, 4.69) is 6.92 Å². The molecular formula is C20H27BO4. The van der Waals surface area contributed by atoms with Gasteiger partial charge >= 0.3 is 12.9 Å². The van der Waals surface area contributed by atoms with Gasteiger partial charge in [0.1, 0.15) is 11.4 Å². The Bertz CT molecular complexity index is 612. The fourth-order valence-corrected chi connectivity index (χ4v) is 5.55. The Kier molecular flexibility index (Phi) is 4.31. The van der Waals surface area contributed by atoms with Crippen molar-refractivity contribution in [3.63, 3.8) is 0 Å². The van der Waals surface area contributed by atoms with Gasteiger partial charge in [-0.2, -0.15) is 0 Å². The van der Waals surface area contributed by atoms with Crippen LogP contribution < -0.4 is 10.2 Å². The van der Waals surface area contributed by atoms with Crippen LogP contribution >= 0.6 is 0 Å². The maximum Gasteiger partial charge on any atom is 0.344 e. The summed E-state index contributed by atoms with van der Waals surface area (Å²) in [7, 11) is 0. The van der Waals surface area contributed by atoms with Gasteiger partial charge in [0.2, 0.25) is 0 Å². The van der Waals surface area contributed by atoms with Gasteiger partial charge in [-0.15, -0.1) is 0 Å². The minimum atomic E-state index is -0.504. The molecule has 0 unspecified atom stereocenters. The molecule has 25 heavy (non-hydrogen) atoms. The van der Waals surface area contributed by atoms with Gasteiger partial charge < -0.3 is 14.5 Å². The van der Waals surface area contributed by atoms with Crippen molar-refractivity contribution >= 4 is 18.3 Å². The maximum atomic E-state index is 12.4. The summed E-state index contributed by atoms with van der Waals surface area (Å²) in [5.41, 5.74) is 0.528. The molecule has 0 aromatic heterocycles. The van der Waals surface area contributed by atoms with Crippen LogP contribution in [0.4, 0.5) is 0 Å². The summed E-state index contributed by atoms with van der Waals surface area (Å²) in [4.78, 5) is 12.4. The summed E-state index contributed by atoms with van der Waals surface area (Å²) in [5.74, 6) is 3.12. The summed E-state index contributed by atoms with van der Waals surface area (Å²) in [5, 5.41) is 9.53. The lowest BCUT2D eigenvalue weighted by molar-refractivity contribution is -0.204. The van der Waals surface area contributed by atoms with E-state index in [-0.39, 0.29) is 18.2 Å². The summed E-state index contributed by atoms with van der Waals surface area (Å²) < 4.78 is 11.6. The van der Waals surface area contributed by atoms with Gasteiger partial charge in [-0.25, -0.2) is 4.79 Å². The van der Waals surface area contributed by atoms with E-state index in [1.807, 2.05) is 12.1 Å². The number of carbonyl (C=O) groups excluding carboxylic acids is 1. The molecule has 4 aliphatic rings. The van der Waals surface area contributed by atoms with Crippen molar-refractivity contribution in [1.82, 2.24) is 0 Å². The number of rotatable bonds is 5. The van der Waals surface area contributed by atoms with E-state index in [9.17, 15) is 9.82 Å². The van der Waals surface area contributed by atoms with Crippen LogP contribution in [0, 0.1) is 23.7 Å². The summed E-state index contributed by atoms with van der Waals surface area (Å²) in [6.07, 6.45) is 6.27. The molecule has 1 N–H and O–H groups in total.